The lowest BCUT2D eigenvalue weighted by Crippen LogP contribution is -1.97. The van der Waals surface area contributed by atoms with Crippen molar-refractivity contribution in [2.24, 2.45) is 0 Å². The highest BCUT2D eigenvalue weighted by molar-refractivity contribution is 6.14. The van der Waals surface area contributed by atoms with Crippen LogP contribution in [-0.4, -0.2) is 0 Å². The minimum absolute atomic E-state index is 0.925. The van der Waals surface area contributed by atoms with Gasteiger partial charge in [-0.15, -0.1) is 6.42 Å². The van der Waals surface area contributed by atoms with Gasteiger partial charge in [0.1, 0.15) is 0 Å². The van der Waals surface area contributed by atoms with Gasteiger partial charge in [0.15, 0.2) is 0 Å². The monoisotopic (exact) mass is 374 g/mol. The average molecular weight is 375 g/mol. The van der Waals surface area contributed by atoms with Gasteiger partial charge >= 0.3 is 0 Å². The van der Waals surface area contributed by atoms with Crippen molar-refractivity contribution in [1.29, 1.82) is 0 Å². The second-order valence-corrected chi connectivity index (χ2v) is 5.52. The number of fused-ring (bicyclic) bond motifs is 3. The summed E-state index contributed by atoms with van der Waals surface area (Å²) < 4.78 is 0. The number of benzene rings is 3. The van der Waals surface area contributed by atoms with Crippen LogP contribution in [0.25, 0.3) is 27.6 Å². The molecule has 0 radical (unpaired) electrons. The molecule has 0 amide bonds. The third-order valence-electron chi connectivity index (χ3n) is 4.49. The molecule has 0 bridgehead atoms. The fourth-order valence-electron chi connectivity index (χ4n) is 3.50. The Kier molecular flexibility index (Phi) is 12.4. The summed E-state index contributed by atoms with van der Waals surface area (Å²) in [5, 5.41) is 5.04. The molecule has 0 unspecified atom stereocenters. The fraction of sp³-hybridized carbons (Fsp3) is 0.357. The fourth-order valence-corrected chi connectivity index (χ4v) is 3.50. The SMILES string of the molecule is C#Cc1c(CC)c2c(C=C)cccc2c2cccc(CC)c12.CC.CC.CC. The zero-order valence-electron chi connectivity index (χ0n) is 19.2. The van der Waals surface area contributed by atoms with E-state index in [2.05, 4.69) is 62.7 Å². The van der Waals surface area contributed by atoms with Crippen molar-refractivity contribution in [3.63, 3.8) is 0 Å². The largest absolute Gasteiger partial charge is 0.115 e. The van der Waals surface area contributed by atoms with Gasteiger partial charge in [-0.05, 0) is 45.7 Å². The van der Waals surface area contributed by atoms with Gasteiger partial charge in [-0.25, -0.2) is 0 Å². The first-order valence-corrected chi connectivity index (χ1v) is 10.8. The molecule has 3 rings (SSSR count). The van der Waals surface area contributed by atoms with Crippen LogP contribution in [0.5, 0.6) is 0 Å². The van der Waals surface area contributed by atoms with E-state index >= 15 is 0 Å². The predicted molar refractivity (Wildman–Crippen MR) is 132 cm³/mol. The van der Waals surface area contributed by atoms with Gasteiger partial charge < -0.3 is 0 Å². The normalized spacial score (nSPS) is 9.11. The van der Waals surface area contributed by atoms with Crippen LogP contribution in [0.3, 0.4) is 0 Å². The molecule has 0 heteroatoms. The Morgan fingerprint density at radius 2 is 1.36 bits per heavy atom. The summed E-state index contributed by atoms with van der Waals surface area (Å²) in [6.07, 6.45) is 9.76. The summed E-state index contributed by atoms with van der Waals surface area (Å²) in [6, 6.07) is 12.9. The first-order valence-electron chi connectivity index (χ1n) is 10.8. The first-order chi connectivity index (χ1) is 13.8. The predicted octanol–water partition coefficient (Wildman–Crippen LogP) is 8.82. The van der Waals surface area contributed by atoms with Gasteiger partial charge in [0.05, 0.1) is 0 Å². The van der Waals surface area contributed by atoms with Crippen LogP contribution in [0.4, 0.5) is 0 Å². The molecule has 0 spiro atoms. The molecule has 150 valence electrons. The summed E-state index contributed by atoms with van der Waals surface area (Å²) in [5.41, 5.74) is 4.80. The van der Waals surface area contributed by atoms with E-state index in [1.807, 2.05) is 47.6 Å². The van der Waals surface area contributed by atoms with E-state index < -0.39 is 0 Å². The molecule has 0 aliphatic heterocycles. The van der Waals surface area contributed by atoms with Crippen LogP contribution in [0.2, 0.25) is 0 Å². The highest BCUT2D eigenvalue weighted by Crippen LogP contribution is 2.37. The van der Waals surface area contributed by atoms with Gasteiger partial charge in [0.2, 0.25) is 0 Å². The van der Waals surface area contributed by atoms with E-state index in [9.17, 15) is 0 Å². The van der Waals surface area contributed by atoms with Crippen molar-refractivity contribution in [1.82, 2.24) is 0 Å². The average Bonchev–Trinajstić information content (AvgIpc) is 2.81. The smallest absolute Gasteiger partial charge is 0.0362 e. The van der Waals surface area contributed by atoms with Gasteiger partial charge in [0, 0.05) is 10.9 Å². The molecule has 0 aromatic heterocycles. The Bertz CT molecular complexity index is 920. The number of hydrogen-bond acceptors (Lipinski definition) is 0. The maximum atomic E-state index is 5.92. The van der Waals surface area contributed by atoms with Crippen LogP contribution in [0.1, 0.15) is 77.6 Å². The van der Waals surface area contributed by atoms with Crippen molar-refractivity contribution in [3.05, 3.63) is 65.2 Å². The zero-order chi connectivity index (χ0) is 21.7. The third-order valence-corrected chi connectivity index (χ3v) is 4.49. The Labute approximate surface area is 173 Å². The first kappa shape index (κ1) is 25.5. The quantitative estimate of drug-likeness (QED) is 0.317. The Balaban J connectivity index is 0.00000111. The van der Waals surface area contributed by atoms with Crippen LogP contribution in [-0.2, 0) is 12.8 Å². The maximum Gasteiger partial charge on any atom is 0.0362 e. The summed E-state index contributed by atoms with van der Waals surface area (Å²) in [7, 11) is 0. The molecular weight excluding hydrogens is 336 g/mol. The van der Waals surface area contributed by atoms with E-state index in [1.165, 1.54) is 32.7 Å². The van der Waals surface area contributed by atoms with E-state index in [0.717, 1.165) is 24.0 Å². The lowest BCUT2D eigenvalue weighted by molar-refractivity contribution is 1.14. The molecule has 3 aromatic carbocycles. The van der Waals surface area contributed by atoms with Crippen LogP contribution in [0.15, 0.2) is 43.0 Å². The molecule has 0 aliphatic rings. The maximum absolute atomic E-state index is 5.92. The lowest BCUT2D eigenvalue weighted by atomic mass is 9.86. The molecule has 0 aliphatic carbocycles. The van der Waals surface area contributed by atoms with Gasteiger partial charge in [-0.1, -0.05) is 110 Å². The van der Waals surface area contributed by atoms with Gasteiger partial charge in [0.25, 0.3) is 0 Å². The third kappa shape index (κ3) is 4.85. The van der Waals surface area contributed by atoms with Crippen molar-refractivity contribution in [3.8, 4) is 12.3 Å². The molecular formula is C28H38. The molecule has 0 saturated heterocycles. The number of aryl methyl sites for hydroxylation is 2. The Morgan fingerprint density at radius 3 is 1.82 bits per heavy atom. The molecule has 3 aromatic rings. The highest BCUT2D eigenvalue weighted by Gasteiger charge is 2.15. The van der Waals surface area contributed by atoms with E-state index in [-0.39, 0.29) is 0 Å². The second-order valence-electron chi connectivity index (χ2n) is 5.52. The Hall–Kier alpha value is -2.52. The summed E-state index contributed by atoms with van der Waals surface area (Å²) in [5.74, 6) is 2.97. The van der Waals surface area contributed by atoms with E-state index in [4.69, 9.17) is 6.42 Å². The minimum atomic E-state index is 0.925. The standard InChI is InChI=1S/C22H20.3C2H6/c1-5-15-11-9-13-19-20-14-10-12-16(6-2)22(20)18(8-4)17(7-3)21(15)19;3*1-2/h4-5,9-14H,1,6-7H2,2-3H3;3*1-2H3. The molecule has 0 atom stereocenters. The molecule has 28 heavy (non-hydrogen) atoms. The van der Waals surface area contributed by atoms with E-state index in [0.29, 0.717) is 0 Å². The summed E-state index contributed by atoms with van der Waals surface area (Å²) in [6.45, 7) is 20.3. The molecule has 0 nitrogen and oxygen atoms in total. The minimum Gasteiger partial charge on any atom is -0.115 e. The van der Waals surface area contributed by atoms with Gasteiger partial charge in [-0.2, -0.15) is 0 Å². The van der Waals surface area contributed by atoms with E-state index in [1.54, 1.807) is 0 Å². The van der Waals surface area contributed by atoms with Crippen molar-refractivity contribution in [2.75, 3.05) is 0 Å². The van der Waals surface area contributed by atoms with Crippen LogP contribution in [0, 0.1) is 12.3 Å². The van der Waals surface area contributed by atoms with Crippen molar-refractivity contribution in [2.45, 2.75) is 68.2 Å². The molecule has 0 heterocycles. The summed E-state index contributed by atoms with van der Waals surface area (Å²) >= 11 is 0. The number of hydrogen-bond donors (Lipinski definition) is 0. The zero-order valence-corrected chi connectivity index (χ0v) is 19.2. The topological polar surface area (TPSA) is 0 Å². The van der Waals surface area contributed by atoms with Crippen molar-refractivity contribution < 1.29 is 0 Å². The second kappa shape index (κ2) is 13.6. The van der Waals surface area contributed by atoms with Crippen LogP contribution >= 0.6 is 0 Å². The molecule has 0 N–H and O–H groups in total. The number of terminal acetylenes is 1. The molecule has 0 saturated carbocycles. The lowest BCUT2D eigenvalue weighted by Gasteiger charge is -2.17. The molecule has 0 fully saturated rings. The summed E-state index contributed by atoms with van der Waals surface area (Å²) in [4.78, 5) is 0. The van der Waals surface area contributed by atoms with Crippen LogP contribution < -0.4 is 0 Å². The van der Waals surface area contributed by atoms with Gasteiger partial charge in [-0.3, -0.25) is 0 Å². The highest BCUT2D eigenvalue weighted by atomic mass is 14.2. The number of rotatable bonds is 3. The van der Waals surface area contributed by atoms with Crippen molar-refractivity contribution >= 4 is 27.6 Å². The Morgan fingerprint density at radius 1 is 0.821 bits per heavy atom.